The van der Waals surface area contributed by atoms with Crippen LogP contribution in [0.15, 0.2) is 18.2 Å². The standard InChI is InChI=1S/C13H17ClN2O/c1-4-7-16-12-6-5-10(17-3)8-11(12)15-13(16)9(2)14/h5-6,8-9H,4,7H2,1-3H3. The molecule has 0 aliphatic rings. The molecule has 0 radical (unpaired) electrons. The molecule has 2 aromatic rings. The molecule has 0 aliphatic heterocycles. The highest BCUT2D eigenvalue weighted by molar-refractivity contribution is 6.20. The molecule has 1 aromatic carbocycles. The van der Waals surface area contributed by atoms with E-state index >= 15 is 0 Å². The van der Waals surface area contributed by atoms with E-state index in [1.54, 1.807) is 7.11 Å². The van der Waals surface area contributed by atoms with E-state index in [1.165, 1.54) is 0 Å². The normalized spacial score (nSPS) is 12.9. The molecule has 1 atom stereocenters. The van der Waals surface area contributed by atoms with Crippen molar-refractivity contribution in [2.24, 2.45) is 0 Å². The second kappa shape index (κ2) is 4.96. The van der Waals surface area contributed by atoms with Crippen molar-refractivity contribution in [2.45, 2.75) is 32.2 Å². The summed E-state index contributed by atoms with van der Waals surface area (Å²) in [5.41, 5.74) is 2.07. The van der Waals surface area contributed by atoms with Gasteiger partial charge >= 0.3 is 0 Å². The minimum absolute atomic E-state index is 0.0834. The molecule has 1 heterocycles. The van der Waals surface area contributed by atoms with Crippen LogP contribution in [0.4, 0.5) is 0 Å². The van der Waals surface area contributed by atoms with Gasteiger partial charge in [0.2, 0.25) is 0 Å². The summed E-state index contributed by atoms with van der Waals surface area (Å²) in [7, 11) is 1.66. The number of hydrogen-bond acceptors (Lipinski definition) is 2. The molecule has 0 saturated carbocycles. The van der Waals surface area contributed by atoms with Crippen LogP contribution in [0.3, 0.4) is 0 Å². The third-order valence-electron chi connectivity index (χ3n) is 2.79. The fourth-order valence-corrected chi connectivity index (χ4v) is 2.18. The van der Waals surface area contributed by atoms with E-state index in [-0.39, 0.29) is 5.38 Å². The van der Waals surface area contributed by atoms with Crippen molar-refractivity contribution in [3.8, 4) is 5.75 Å². The van der Waals surface area contributed by atoms with E-state index in [0.29, 0.717) is 0 Å². The molecule has 1 unspecified atom stereocenters. The van der Waals surface area contributed by atoms with Gasteiger partial charge in [-0.15, -0.1) is 11.6 Å². The molecule has 0 fully saturated rings. The summed E-state index contributed by atoms with van der Waals surface area (Å²) >= 11 is 6.17. The first-order valence-corrected chi connectivity index (χ1v) is 6.29. The maximum absolute atomic E-state index is 6.17. The average Bonchev–Trinajstić information content (AvgIpc) is 2.68. The smallest absolute Gasteiger partial charge is 0.127 e. The predicted octanol–water partition coefficient (Wildman–Crippen LogP) is 3.75. The number of nitrogens with zero attached hydrogens (tertiary/aromatic N) is 2. The summed E-state index contributed by atoms with van der Waals surface area (Å²) < 4.78 is 7.40. The Morgan fingerprint density at radius 3 is 2.82 bits per heavy atom. The van der Waals surface area contributed by atoms with Crippen LogP contribution in [0.2, 0.25) is 0 Å². The van der Waals surface area contributed by atoms with Gasteiger partial charge in [-0.2, -0.15) is 0 Å². The Kier molecular flexibility index (Phi) is 3.57. The van der Waals surface area contributed by atoms with Crippen LogP contribution in [0.25, 0.3) is 11.0 Å². The third-order valence-corrected chi connectivity index (χ3v) is 2.98. The molecule has 0 aliphatic carbocycles. The predicted molar refractivity (Wildman–Crippen MR) is 70.8 cm³/mol. The molecule has 2 rings (SSSR count). The van der Waals surface area contributed by atoms with Gasteiger partial charge in [-0.1, -0.05) is 6.92 Å². The summed E-state index contributed by atoms with van der Waals surface area (Å²) in [6.07, 6.45) is 1.06. The maximum atomic E-state index is 6.17. The minimum Gasteiger partial charge on any atom is -0.497 e. The SMILES string of the molecule is CCCn1c(C(C)Cl)nc2cc(OC)ccc21. The lowest BCUT2D eigenvalue weighted by Gasteiger charge is -2.08. The van der Waals surface area contributed by atoms with E-state index in [1.807, 2.05) is 25.1 Å². The topological polar surface area (TPSA) is 27.1 Å². The average molecular weight is 253 g/mol. The summed E-state index contributed by atoms with van der Waals surface area (Å²) in [5.74, 6) is 1.75. The Balaban J connectivity index is 2.61. The molecule has 0 bridgehead atoms. The number of alkyl halides is 1. The van der Waals surface area contributed by atoms with Gasteiger partial charge in [0.1, 0.15) is 11.6 Å². The number of hydrogen-bond donors (Lipinski definition) is 0. The first-order chi connectivity index (χ1) is 8.17. The Morgan fingerprint density at radius 2 is 2.24 bits per heavy atom. The van der Waals surface area contributed by atoms with Crippen LogP contribution in [0.5, 0.6) is 5.75 Å². The lowest BCUT2D eigenvalue weighted by atomic mass is 10.3. The van der Waals surface area contributed by atoms with Gasteiger partial charge in [0, 0.05) is 12.6 Å². The quantitative estimate of drug-likeness (QED) is 0.775. The first-order valence-electron chi connectivity index (χ1n) is 5.85. The van der Waals surface area contributed by atoms with Crippen LogP contribution < -0.4 is 4.74 Å². The van der Waals surface area contributed by atoms with Crippen molar-refractivity contribution in [2.75, 3.05) is 7.11 Å². The third kappa shape index (κ3) is 2.25. The van der Waals surface area contributed by atoms with E-state index in [0.717, 1.165) is 35.6 Å². The van der Waals surface area contributed by atoms with Crippen molar-refractivity contribution in [3.05, 3.63) is 24.0 Å². The lowest BCUT2D eigenvalue weighted by Crippen LogP contribution is -2.03. The zero-order valence-corrected chi connectivity index (χ0v) is 11.2. The van der Waals surface area contributed by atoms with E-state index < -0.39 is 0 Å². The molecule has 0 amide bonds. The molecule has 0 saturated heterocycles. The van der Waals surface area contributed by atoms with Gasteiger partial charge in [-0.25, -0.2) is 4.98 Å². The summed E-state index contributed by atoms with van der Waals surface area (Å²) in [6, 6.07) is 5.95. The number of benzene rings is 1. The zero-order valence-electron chi connectivity index (χ0n) is 10.4. The van der Waals surface area contributed by atoms with Crippen LogP contribution in [0, 0.1) is 0 Å². The number of aryl methyl sites for hydroxylation is 1. The zero-order chi connectivity index (χ0) is 12.4. The lowest BCUT2D eigenvalue weighted by molar-refractivity contribution is 0.415. The largest absolute Gasteiger partial charge is 0.497 e. The minimum atomic E-state index is -0.0834. The van der Waals surface area contributed by atoms with Crippen LogP contribution >= 0.6 is 11.6 Å². The number of methoxy groups -OCH3 is 1. The van der Waals surface area contributed by atoms with Gasteiger partial charge in [-0.3, -0.25) is 0 Å². The molecular weight excluding hydrogens is 236 g/mol. The fraction of sp³-hybridized carbons (Fsp3) is 0.462. The van der Waals surface area contributed by atoms with Crippen molar-refractivity contribution < 1.29 is 4.74 Å². The Labute approximate surface area is 106 Å². The molecule has 92 valence electrons. The number of fused-ring (bicyclic) bond motifs is 1. The highest BCUT2D eigenvalue weighted by atomic mass is 35.5. The molecule has 3 nitrogen and oxygen atoms in total. The highest BCUT2D eigenvalue weighted by Crippen LogP contribution is 2.27. The van der Waals surface area contributed by atoms with E-state index in [9.17, 15) is 0 Å². The molecular formula is C13H17ClN2O. The number of aromatic nitrogens is 2. The summed E-state index contributed by atoms with van der Waals surface area (Å²) in [4.78, 5) is 4.59. The second-order valence-electron chi connectivity index (χ2n) is 4.09. The van der Waals surface area contributed by atoms with Gasteiger partial charge in [0.05, 0.1) is 23.5 Å². The fourth-order valence-electron chi connectivity index (χ4n) is 2.02. The molecule has 0 N–H and O–H groups in total. The molecule has 17 heavy (non-hydrogen) atoms. The second-order valence-corrected chi connectivity index (χ2v) is 4.75. The summed E-state index contributed by atoms with van der Waals surface area (Å²) in [5, 5.41) is -0.0834. The van der Waals surface area contributed by atoms with Crippen LogP contribution in [-0.4, -0.2) is 16.7 Å². The van der Waals surface area contributed by atoms with Gasteiger partial charge in [0.15, 0.2) is 0 Å². The van der Waals surface area contributed by atoms with Gasteiger partial charge in [0.25, 0.3) is 0 Å². The molecule has 4 heteroatoms. The highest BCUT2D eigenvalue weighted by Gasteiger charge is 2.14. The monoisotopic (exact) mass is 252 g/mol. The van der Waals surface area contributed by atoms with Crippen LogP contribution in [0.1, 0.15) is 31.5 Å². The van der Waals surface area contributed by atoms with Gasteiger partial charge < -0.3 is 9.30 Å². The van der Waals surface area contributed by atoms with E-state index in [4.69, 9.17) is 16.3 Å². The number of rotatable bonds is 4. The number of halogens is 1. The summed E-state index contributed by atoms with van der Waals surface area (Å²) in [6.45, 7) is 5.04. The van der Waals surface area contributed by atoms with Crippen molar-refractivity contribution in [1.29, 1.82) is 0 Å². The van der Waals surface area contributed by atoms with Crippen molar-refractivity contribution in [1.82, 2.24) is 9.55 Å². The Morgan fingerprint density at radius 1 is 1.47 bits per heavy atom. The molecule has 1 aromatic heterocycles. The Bertz CT molecular complexity index is 519. The van der Waals surface area contributed by atoms with Crippen molar-refractivity contribution >= 4 is 22.6 Å². The van der Waals surface area contributed by atoms with E-state index in [2.05, 4.69) is 16.5 Å². The maximum Gasteiger partial charge on any atom is 0.127 e. The van der Waals surface area contributed by atoms with Crippen molar-refractivity contribution in [3.63, 3.8) is 0 Å². The Hall–Kier alpha value is -1.22. The first kappa shape index (κ1) is 12.2. The number of imidazole rings is 1. The van der Waals surface area contributed by atoms with Crippen LogP contribution in [-0.2, 0) is 6.54 Å². The van der Waals surface area contributed by atoms with Gasteiger partial charge in [-0.05, 0) is 25.5 Å². The number of ether oxygens (including phenoxy) is 1. The molecule has 0 spiro atoms.